The number of aryl methyl sites for hydroxylation is 1. The third-order valence-corrected chi connectivity index (χ3v) is 5.37. The molecule has 1 aliphatic carbocycles. The minimum atomic E-state index is -0.103. The Kier molecular flexibility index (Phi) is 4.42. The van der Waals surface area contributed by atoms with E-state index < -0.39 is 0 Å². The lowest BCUT2D eigenvalue weighted by molar-refractivity contribution is 0.235. The number of benzene rings is 1. The number of carbonyl (C=O) groups excluding carboxylic acids is 1. The maximum absolute atomic E-state index is 12.4. The summed E-state index contributed by atoms with van der Waals surface area (Å²) in [4.78, 5) is 12.4. The van der Waals surface area contributed by atoms with Crippen LogP contribution < -0.4 is 10.6 Å². The van der Waals surface area contributed by atoms with Crippen LogP contribution in [0.15, 0.2) is 30.3 Å². The fourth-order valence-electron chi connectivity index (χ4n) is 3.79. The van der Waals surface area contributed by atoms with Crippen molar-refractivity contribution in [3.05, 3.63) is 47.5 Å². The summed E-state index contributed by atoms with van der Waals surface area (Å²) in [5.74, 6) is 3.26. The summed E-state index contributed by atoms with van der Waals surface area (Å²) in [6, 6.07) is 10.2. The van der Waals surface area contributed by atoms with Crippen LogP contribution >= 0.6 is 0 Å². The van der Waals surface area contributed by atoms with Crippen LogP contribution in [0.5, 0.6) is 0 Å². The van der Waals surface area contributed by atoms with Crippen molar-refractivity contribution in [3.63, 3.8) is 0 Å². The monoisotopic (exact) mass is 339 g/mol. The van der Waals surface area contributed by atoms with Gasteiger partial charge in [-0.15, -0.1) is 10.2 Å². The molecule has 0 unspecified atom stereocenters. The largest absolute Gasteiger partial charge is 0.338 e. The molecular formula is C19H25N5O. The lowest BCUT2D eigenvalue weighted by Crippen LogP contribution is -2.40. The number of aromatic nitrogens is 3. The first-order chi connectivity index (χ1) is 12.2. The number of nitrogens with zero attached hydrogens (tertiary/aromatic N) is 3. The molecule has 1 saturated carbocycles. The van der Waals surface area contributed by atoms with E-state index in [0.29, 0.717) is 18.4 Å². The van der Waals surface area contributed by atoms with Gasteiger partial charge in [0.15, 0.2) is 0 Å². The van der Waals surface area contributed by atoms with Gasteiger partial charge < -0.3 is 15.2 Å². The average molecular weight is 339 g/mol. The van der Waals surface area contributed by atoms with Crippen molar-refractivity contribution in [1.82, 2.24) is 25.4 Å². The van der Waals surface area contributed by atoms with E-state index in [-0.39, 0.29) is 12.1 Å². The number of nitrogens with one attached hydrogen (secondary N) is 2. The van der Waals surface area contributed by atoms with Gasteiger partial charge >= 0.3 is 6.03 Å². The smallest absolute Gasteiger partial charge is 0.315 e. The van der Waals surface area contributed by atoms with Gasteiger partial charge in [0.25, 0.3) is 0 Å². The predicted octanol–water partition coefficient (Wildman–Crippen LogP) is 2.46. The molecule has 2 aliphatic rings. The van der Waals surface area contributed by atoms with E-state index in [0.717, 1.165) is 37.5 Å². The van der Waals surface area contributed by atoms with Crippen molar-refractivity contribution >= 4 is 6.03 Å². The van der Waals surface area contributed by atoms with Crippen LogP contribution in [0.2, 0.25) is 0 Å². The van der Waals surface area contributed by atoms with Crippen molar-refractivity contribution < 1.29 is 4.79 Å². The Morgan fingerprint density at radius 2 is 2.12 bits per heavy atom. The molecule has 1 fully saturated rings. The van der Waals surface area contributed by atoms with E-state index in [9.17, 15) is 4.79 Å². The zero-order chi connectivity index (χ0) is 17.2. The first-order valence-electron chi connectivity index (χ1n) is 9.22. The van der Waals surface area contributed by atoms with Gasteiger partial charge in [-0.3, -0.25) is 0 Å². The lowest BCUT2D eigenvalue weighted by Gasteiger charge is -2.19. The normalized spacial score (nSPS) is 22.3. The van der Waals surface area contributed by atoms with Gasteiger partial charge in [0.2, 0.25) is 0 Å². The molecule has 0 radical (unpaired) electrons. The van der Waals surface area contributed by atoms with Gasteiger partial charge in [-0.2, -0.15) is 0 Å². The molecule has 6 nitrogen and oxygen atoms in total. The Morgan fingerprint density at radius 3 is 2.88 bits per heavy atom. The molecule has 2 heterocycles. The molecule has 0 saturated heterocycles. The highest BCUT2D eigenvalue weighted by Gasteiger charge is 2.40. The SMILES string of the molecule is C[C@@H]1C[C@H]1[C@@H](NC(=O)NCCc1nnc2n1CCC2)c1ccccc1. The topological polar surface area (TPSA) is 71.8 Å². The summed E-state index contributed by atoms with van der Waals surface area (Å²) >= 11 is 0. The number of hydrogen-bond donors (Lipinski definition) is 2. The third kappa shape index (κ3) is 3.52. The second-order valence-electron chi connectivity index (χ2n) is 7.20. The number of carbonyl (C=O) groups is 1. The highest BCUT2D eigenvalue weighted by atomic mass is 16.2. The quantitative estimate of drug-likeness (QED) is 0.849. The van der Waals surface area contributed by atoms with E-state index in [4.69, 9.17) is 0 Å². The Labute approximate surface area is 148 Å². The number of fused-ring (bicyclic) bond motifs is 1. The van der Waals surface area contributed by atoms with Crippen molar-refractivity contribution in [1.29, 1.82) is 0 Å². The van der Waals surface area contributed by atoms with Crippen LogP contribution in [0.1, 0.15) is 43.0 Å². The minimum absolute atomic E-state index is 0.0912. The van der Waals surface area contributed by atoms with E-state index in [1.54, 1.807) is 0 Å². The number of hydrogen-bond acceptors (Lipinski definition) is 3. The molecule has 2 aromatic rings. The van der Waals surface area contributed by atoms with Crippen LogP contribution in [0.3, 0.4) is 0 Å². The highest BCUT2D eigenvalue weighted by molar-refractivity contribution is 5.74. The van der Waals surface area contributed by atoms with Crippen molar-refractivity contribution in [3.8, 4) is 0 Å². The molecule has 6 heteroatoms. The van der Waals surface area contributed by atoms with Crippen LogP contribution in [-0.2, 0) is 19.4 Å². The van der Waals surface area contributed by atoms with E-state index >= 15 is 0 Å². The van der Waals surface area contributed by atoms with Crippen LogP contribution in [0.4, 0.5) is 4.79 Å². The second-order valence-corrected chi connectivity index (χ2v) is 7.20. The van der Waals surface area contributed by atoms with Gasteiger partial charge in [-0.25, -0.2) is 4.79 Å². The lowest BCUT2D eigenvalue weighted by atomic mass is 10.0. The number of urea groups is 1. The molecule has 1 aromatic heterocycles. The maximum Gasteiger partial charge on any atom is 0.315 e. The summed E-state index contributed by atoms with van der Waals surface area (Å²) in [7, 11) is 0. The van der Waals surface area contributed by atoms with E-state index in [2.05, 4.69) is 44.5 Å². The van der Waals surface area contributed by atoms with Crippen LogP contribution in [-0.4, -0.2) is 27.3 Å². The Balaban J connectivity index is 1.31. The molecule has 0 spiro atoms. The molecule has 4 rings (SSSR count). The van der Waals surface area contributed by atoms with Gasteiger partial charge in [0.05, 0.1) is 6.04 Å². The zero-order valence-corrected chi connectivity index (χ0v) is 14.6. The molecule has 2 amide bonds. The fraction of sp³-hybridized carbons (Fsp3) is 0.526. The molecular weight excluding hydrogens is 314 g/mol. The highest BCUT2D eigenvalue weighted by Crippen LogP contribution is 2.46. The zero-order valence-electron chi connectivity index (χ0n) is 14.6. The minimum Gasteiger partial charge on any atom is -0.338 e. The van der Waals surface area contributed by atoms with Crippen molar-refractivity contribution in [2.45, 2.75) is 45.2 Å². The average Bonchev–Trinajstić information content (AvgIpc) is 3.01. The molecule has 132 valence electrons. The van der Waals surface area contributed by atoms with Crippen molar-refractivity contribution in [2.75, 3.05) is 6.54 Å². The first kappa shape index (κ1) is 16.1. The van der Waals surface area contributed by atoms with Gasteiger partial charge in [0.1, 0.15) is 11.6 Å². The summed E-state index contributed by atoms with van der Waals surface area (Å²) in [5.41, 5.74) is 1.18. The number of rotatable bonds is 6. The summed E-state index contributed by atoms with van der Waals surface area (Å²) in [6.45, 7) is 3.82. The van der Waals surface area contributed by atoms with E-state index in [1.165, 1.54) is 12.0 Å². The first-order valence-corrected chi connectivity index (χ1v) is 9.22. The molecule has 1 aliphatic heterocycles. The summed E-state index contributed by atoms with van der Waals surface area (Å²) in [6.07, 6.45) is 4.05. The summed E-state index contributed by atoms with van der Waals surface area (Å²) in [5, 5.41) is 14.6. The Bertz CT molecular complexity index is 742. The van der Waals surface area contributed by atoms with Crippen LogP contribution in [0, 0.1) is 11.8 Å². The molecule has 1 aromatic carbocycles. The Hall–Kier alpha value is -2.37. The van der Waals surface area contributed by atoms with E-state index in [1.807, 2.05) is 18.2 Å². The third-order valence-electron chi connectivity index (χ3n) is 5.37. The van der Waals surface area contributed by atoms with Crippen LogP contribution in [0.25, 0.3) is 0 Å². The molecule has 2 N–H and O–H groups in total. The molecule has 0 bridgehead atoms. The maximum atomic E-state index is 12.4. The van der Waals surface area contributed by atoms with Gasteiger partial charge in [-0.1, -0.05) is 37.3 Å². The Morgan fingerprint density at radius 1 is 1.32 bits per heavy atom. The van der Waals surface area contributed by atoms with Crippen molar-refractivity contribution in [2.24, 2.45) is 11.8 Å². The van der Waals surface area contributed by atoms with Gasteiger partial charge in [0, 0.05) is 25.9 Å². The molecule has 25 heavy (non-hydrogen) atoms. The number of amides is 2. The summed E-state index contributed by atoms with van der Waals surface area (Å²) < 4.78 is 2.18. The predicted molar refractivity (Wildman–Crippen MR) is 95.0 cm³/mol. The second kappa shape index (κ2) is 6.86. The fourth-order valence-corrected chi connectivity index (χ4v) is 3.79. The standard InChI is InChI=1S/C19H25N5O/c1-13-12-15(13)18(14-6-3-2-4-7-14)21-19(25)20-10-9-17-23-22-16-8-5-11-24(16)17/h2-4,6-7,13,15,18H,5,8-12H2,1H3,(H2,20,21,25)/t13-,15-,18+/m1/s1. The molecule has 3 atom stereocenters. The van der Waals surface area contributed by atoms with Gasteiger partial charge in [-0.05, 0) is 30.2 Å².